The highest BCUT2D eigenvalue weighted by Crippen LogP contribution is 2.65. The van der Waals surface area contributed by atoms with Gasteiger partial charge in [0.15, 0.2) is 11.6 Å². The predicted molar refractivity (Wildman–Crippen MR) is 102 cm³/mol. The average Bonchev–Trinajstić information content (AvgIpc) is 2.85. The van der Waals surface area contributed by atoms with Crippen LogP contribution in [-0.2, 0) is 14.4 Å². The summed E-state index contributed by atoms with van der Waals surface area (Å²) in [6.45, 7) is 7.80. The molecule has 2 fully saturated rings. The molecular weight excluding hydrogens is 340 g/mol. The average molecular weight is 368 g/mol. The fourth-order valence-electron chi connectivity index (χ4n) is 7.07. The minimum Gasteiger partial charge on any atom is -0.389 e. The van der Waals surface area contributed by atoms with Crippen LogP contribution < -0.4 is 0 Å². The van der Waals surface area contributed by atoms with E-state index >= 15 is 0 Å². The van der Waals surface area contributed by atoms with Crippen molar-refractivity contribution in [2.75, 3.05) is 6.61 Å². The van der Waals surface area contributed by atoms with Gasteiger partial charge in [-0.2, -0.15) is 0 Å². The molecule has 0 heterocycles. The first-order valence-corrected chi connectivity index (χ1v) is 9.94. The zero-order chi connectivity index (χ0) is 19.7. The molecule has 1 unspecified atom stereocenters. The lowest BCUT2D eigenvalue weighted by atomic mass is 9.48. The number of hydrogen-bond donors (Lipinski definition) is 1. The van der Waals surface area contributed by atoms with Gasteiger partial charge >= 0.3 is 0 Å². The Bertz CT molecular complexity index is 831. The summed E-state index contributed by atoms with van der Waals surface area (Å²) >= 11 is 0. The summed E-state index contributed by atoms with van der Waals surface area (Å²) in [6, 6.07) is 0. The van der Waals surface area contributed by atoms with Crippen LogP contribution in [0.1, 0.15) is 40.5 Å². The minimum absolute atomic E-state index is 0.0233. The van der Waals surface area contributed by atoms with Crippen molar-refractivity contribution in [1.29, 1.82) is 0 Å². The second kappa shape index (κ2) is 5.84. The Labute approximate surface area is 160 Å². The molecule has 0 aliphatic heterocycles. The molecule has 4 aliphatic carbocycles. The molecule has 4 heteroatoms. The van der Waals surface area contributed by atoms with E-state index in [4.69, 9.17) is 0 Å². The second-order valence-corrected chi connectivity index (χ2v) is 9.55. The molecule has 0 bridgehead atoms. The van der Waals surface area contributed by atoms with Crippen LogP contribution >= 0.6 is 0 Å². The smallest absolute Gasteiger partial charge is 0.178 e. The molecule has 0 aromatic heterocycles. The molecule has 144 valence electrons. The zero-order valence-electron chi connectivity index (χ0n) is 16.5. The Kier molecular flexibility index (Phi) is 4.01. The molecule has 4 nitrogen and oxygen atoms in total. The van der Waals surface area contributed by atoms with Crippen LogP contribution in [0.5, 0.6) is 0 Å². The van der Waals surface area contributed by atoms with Crippen molar-refractivity contribution in [2.24, 2.45) is 40.4 Å². The third-order valence-corrected chi connectivity index (χ3v) is 7.98. The summed E-state index contributed by atoms with van der Waals surface area (Å²) in [5, 5.41) is 9.48. The van der Waals surface area contributed by atoms with Crippen molar-refractivity contribution < 1.29 is 19.5 Å². The number of aliphatic hydroxyl groups excluding tert-OH is 1. The molecule has 2 saturated carbocycles. The Morgan fingerprint density at radius 1 is 1.30 bits per heavy atom. The molecule has 27 heavy (non-hydrogen) atoms. The van der Waals surface area contributed by atoms with E-state index in [1.807, 2.05) is 13.0 Å². The van der Waals surface area contributed by atoms with Gasteiger partial charge in [0.1, 0.15) is 12.4 Å². The molecule has 4 aliphatic rings. The number of aliphatic hydroxyl groups is 1. The molecule has 0 aromatic carbocycles. The first kappa shape index (κ1) is 18.5. The molecule has 7 atom stereocenters. The van der Waals surface area contributed by atoms with E-state index in [9.17, 15) is 19.5 Å². The fourth-order valence-corrected chi connectivity index (χ4v) is 7.07. The van der Waals surface area contributed by atoms with Crippen LogP contribution in [0.3, 0.4) is 0 Å². The largest absolute Gasteiger partial charge is 0.389 e. The summed E-state index contributed by atoms with van der Waals surface area (Å²) < 4.78 is 0. The summed E-state index contributed by atoms with van der Waals surface area (Å²) in [5.74, 6) is 0.0255. The standard InChI is InChI=1S/C23H28O4/c1-12-7-15-17-8-13(2)20(19(27)11-24)23(17,4)10-18(26)21(15)22(3)6-5-14(25)9-16(12)22/h5-7,9,13,15,17,20-21,24H,8,10-11H2,1-4H3/t13?,15-,17-,20+,21+,22-,23-/m0/s1. The molecule has 0 spiro atoms. The summed E-state index contributed by atoms with van der Waals surface area (Å²) in [6.07, 6.45) is 8.64. The summed E-state index contributed by atoms with van der Waals surface area (Å²) in [7, 11) is 0. The zero-order valence-corrected chi connectivity index (χ0v) is 16.5. The maximum atomic E-state index is 13.4. The topological polar surface area (TPSA) is 71.4 Å². The number of Topliss-reactive ketones (excluding diaryl/α,β-unsaturated/α-hetero) is 2. The second-order valence-electron chi connectivity index (χ2n) is 9.55. The van der Waals surface area contributed by atoms with Gasteiger partial charge in [0, 0.05) is 23.7 Å². The monoisotopic (exact) mass is 368 g/mol. The summed E-state index contributed by atoms with van der Waals surface area (Å²) in [5.41, 5.74) is 1.17. The summed E-state index contributed by atoms with van der Waals surface area (Å²) in [4.78, 5) is 37.9. The van der Waals surface area contributed by atoms with Gasteiger partial charge in [0.2, 0.25) is 0 Å². The van der Waals surface area contributed by atoms with Crippen LogP contribution in [0, 0.1) is 40.4 Å². The van der Waals surface area contributed by atoms with E-state index < -0.39 is 17.4 Å². The van der Waals surface area contributed by atoms with Gasteiger partial charge < -0.3 is 5.11 Å². The first-order valence-electron chi connectivity index (χ1n) is 9.94. The SMILES string of the molecule is CC1=C[C@H]2[C@@H]3CC(C)[C@H](C(=O)CO)[C@@]3(C)CC(=O)[C@@H]2[C@@]2(C)C=CC(=O)C=C12. The van der Waals surface area contributed by atoms with Crippen molar-refractivity contribution in [1.82, 2.24) is 0 Å². The van der Waals surface area contributed by atoms with Crippen molar-refractivity contribution >= 4 is 17.3 Å². The predicted octanol–water partition coefficient (Wildman–Crippen LogP) is 3.06. The van der Waals surface area contributed by atoms with Gasteiger partial charge in [-0.15, -0.1) is 0 Å². The van der Waals surface area contributed by atoms with Gasteiger partial charge in [-0.1, -0.05) is 38.5 Å². The molecule has 0 amide bonds. The normalized spacial score (nSPS) is 45.6. The quantitative estimate of drug-likeness (QED) is 0.813. The van der Waals surface area contributed by atoms with Crippen LogP contribution in [0.4, 0.5) is 0 Å². The number of allylic oxidation sites excluding steroid dienone is 6. The number of fused-ring (bicyclic) bond motifs is 5. The number of carbonyl (C=O) groups is 3. The van der Waals surface area contributed by atoms with Crippen LogP contribution in [0.2, 0.25) is 0 Å². The Balaban J connectivity index is 1.84. The molecule has 0 saturated heterocycles. The van der Waals surface area contributed by atoms with E-state index in [1.54, 1.807) is 12.2 Å². The molecule has 1 N–H and O–H groups in total. The highest BCUT2D eigenvalue weighted by Gasteiger charge is 2.63. The Morgan fingerprint density at radius 2 is 2.00 bits per heavy atom. The molecule has 0 aromatic rings. The van der Waals surface area contributed by atoms with E-state index in [1.165, 1.54) is 0 Å². The van der Waals surface area contributed by atoms with Crippen molar-refractivity contribution in [2.45, 2.75) is 40.5 Å². The van der Waals surface area contributed by atoms with Gasteiger partial charge in [0.05, 0.1) is 0 Å². The van der Waals surface area contributed by atoms with Gasteiger partial charge in [-0.3, -0.25) is 14.4 Å². The number of carbonyl (C=O) groups excluding carboxylic acids is 3. The van der Waals surface area contributed by atoms with Gasteiger partial charge in [-0.25, -0.2) is 0 Å². The highest BCUT2D eigenvalue weighted by molar-refractivity contribution is 6.02. The molecule has 4 rings (SSSR count). The third kappa shape index (κ3) is 2.35. The van der Waals surface area contributed by atoms with Crippen LogP contribution in [0.15, 0.2) is 35.5 Å². The number of rotatable bonds is 2. The van der Waals surface area contributed by atoms with E-state index in [0.717, 1.165) is 17.6 Å². The Morgan fingerprint density at radius 3 is 2.67 bits per heavy atom. The Hall–Kier alpha value is -1.81. The number of ketones is 3. The minimum atomic E-state index is -0.460. The third-order valence-electron chi connectivity index (χ3n) is 7.98. The maximum absolute atomic E-state index is 13.4. The molecular formula is C23H28O4. The first-order chi connectivity index (χ1) is 12.6. The van der Waals surface area contributed by atoms with Crippen LogP contribution in [0.25, 0.3) is 0 Å². The van der Waals surface area contributed by atoms with Crippen molar-refractivity contribution in [3.63, 3.8) is 0 Å². The lowest BCUT2D eigenvalue weighted by Gasteiger charge is -2.54. The van der Waals surface area contributed by atoms with Crippen molar-refractivity contribution in [3.05, 3.63) is 35.5 Å². The van der Waals surface area contributed by atoms with E-state index in [0.29, 0.717) is 6.42 Å². The fraction of sp³-hybridized carbons (Fsp3) is 0.609. The van der Waals surface area contributed by atoms with Gasteiger partial charge in [0.25, 0.3) is 0 Å². The maximum Gasteiger partial charge on any atom is 0.178 e. The van der Waals surface area contributed by atoms with Gasteiger partial charge in [-0.05, 0) is 54.2 Å². The van der Waals surface area contributed by atoms with Crippen molar-refractivity contribution in [3.8, 4) is 0 Å². The number of hydrogen-bond acceptors (Lipinski definition) is 4. The lowest BCUT2D eigenvalue weighted by molar-refractivity contribution is -0.143. The van der Waals surface area contributed by atoms with E-state index in [-0.39, 0.29) is 46.9 Å². The van der Waals surface area contributed by atoms with E-state index in [2.05, 4.69) is 26.8 Å². The molecule has 0 radical (unpaired) electrons. The van der Waals surface area contributed by atoms with Crippen LogP contribution in [-0.4, -0.2) is 29.1 Å². The lowest BCUT2D eigenvalue weighted by Crippen LogP contribution is -2.54. The highest BCUT2D eigenvalue weighted by atomic mass is 16.3.